The molecule has 4 aromatic rings. The van der Waals surface area contributed by atoms with Crippen molar-refractivity contribution in [1.29, 1.82) is 0 Å². The maximum atomic E-state index is 15.4. The number of carbonyl (C=O) groups excluding carboxylic acids is 3. The van der Waals surface area contributed by atoms with Gasteiger partial charge in [0.15, 0.2) is 5.82 Å². The number of hydrogen-bond acceptors (Lipinski definition) is 6. The van der Waals surface area contributed by atoms with E-state index in [2.05, 4.69) is 15.6 Å². The van der Waals surface area contributed by atoms with Crippen LogP contribution in [0.15, 0.2) is 36.4 Å². The monoisotopic (exact) mass is 781 g/mol. The van der Waals surface area contributed by atoms with Gasteiger partial charge < -0.3 is 39.8 Å². The quantitative estimate of drug-likeness (QED) is 0.135. The molecule has 0 unspecified atom stereocenters. The number of aromatic amines is 1. The lowest BCUT2D eigenvalue weighted by Gasteiger charge is -2.32. The molecule has 0 aliphatic carbocycles. The summed E-state index contributed by atoms with van der Waals surface area (Å²) in [6.07, 6.45) is -1.52. The van der Waals surface area contributed by atoms with Gasteiger partial charge in [-0.05, 0) is 88.3 Å². The fraction of sp³-hybridized carbons (Fsp3) is 0.525. The highest BCUT2D eigenvalue weighted by molar-refractivity contribution is 5.92. The number of alkyl halides is 1. The number of amides is 4. The summed E-state index contributed by atoms with van der Waals surface area (Å²) in [5.74, 6) is -1.82. The number of ether oxygens (including phenoxy) is 1. The molecule has 2 aromatic carbocycles. The third kappa shape index (κ3) is 8.58. The number of nitrogens with zero attached hydrogens (tertiary/aromatic N) is 4. The van der Waals surface area contributed by atoms with E-state index in [-0.39, 0.29) is 43.8 Å². The molecule has 16 heteroatoms. The number of benzene rings is 2. The second-order valence-electron chi connectivity index (χ2n) is 16.1. The predicted molar refractivity (Wildman–Crippen MR) is 204 cm³/mol. The first-order valence-electron chi connectivity index (χ1n) is 19.1. The van der Waals surface area contributed by atoms with Gasteiger partial charge in [0.1, 0.15) is 35.5 Å². The zero-order chi connectivity index (χ0) is 40.6. The van der Waals surface area contributed by atoms with E-state index in [1.165, 1.54) is 29.2 Å². The van der Waals surface area contributed by atoms with Crippen LogP contribution in [0.25, 0.3) is 33.5 Å². The lowest BCUT2D eigenvalue weighted by Crippen LogP contribution is -2.53. The highest BCUT2D eigenvalue weighted by Gasteiger charge is 2.41. The molecule has 4 N–H and O–H groups in total. The summed E-state index contributed by atoms with van der Waals surface area (Å²) in [5, 5.41) is 15.0. The van der Waals surface area contributed by atoms with E-state index < -0.39 is 59.6 Å². The van der Waals surface area contributed by atoms with Crippen LogP contribution in [0, 0.1) is 17.6 Å². The molecule has 56 heavy (non-hydrogen) atoms. The van der Waals surface area contributed by atoms with Crippen molar-refractivity contribution >= 4 is 45.9 Å². The number of likely N-dealkylation sites (tertiary alicyclic amines) is 2. The maximum absolute atomic E-state index is 15.4. The number of H-pyrrole nitrogens is 1. The van der Waals surface area contributed by atoms with Gasteiger partial charge in [0.2, 0.25) is 11.8 Å². The van der Waals surface area contributed by atoms with E-state index in [0.717, 1.165) is 0 Å². The summed E-state index contributed by atoms with van der Waals surface area (Å²) in [4.78, 5) is 63.3. The van der Waals surface area contributed by atoms with E-state index in [4.69, 9.17) is 9.72 Å². The molecule has 5 atom stereocenters. The predicted octanol–water partition coefficient (Wildman–Crippen LogP) is 6.53. The van der Waals surface area contributed by atoms with Crippen molar-refractivity contribution in [3.8, 4) is 11.5 Å². The normalized spacial score (nSPS) is 19.9. The van der Waals surface area contributed by atoms with Gasteiger partial charge in [-0.2, -0.15) is 0 Å². The van der Waals surface area contributed by atoms with Gasteiger partial charge in [-0.3, -0.25) is 9.59 Å². The van der Waals surface area contributed by atoms with Gasteiger partial charge in [0, 0.05) is 42.5 Å². The van der Waals surface area contributed by atoms with Crippen LogP contribution in [-0.2, 0) is 27.3 Å². The van der Waals surface area contributed by atoms with Gasteiger partial charge in [0.25, 0.3) is 0 Å². The molecule has 13 nitrogen and oxygen atoms in total. The third-order valence-corrected chi connectivity index (χ3v) is 10.6. The fourth-order valence-corrected chi connectivity index (χ4v) is 8.01. The standard InChI is InChI=1S/C40H50F3N7O6/c1-7-29(46-38(53)54)36(51)48-14-8-9-25(48)18-28-27-12-10-22(41)16-30(27)44-34(28)35-45-31-17-23(42)11-13-32(31)50(35)20-26-15-24(43)19-49(26)37(52)33(21(2)3)47-39(55)56-40(4,5)6/h10-13,16-17,21,24-26,29,33,44,46H,7-9,14-15,18-20H2,1-6H3,(H,47,55)(H,53,54)/t24-,25-,26-,29-,33-/m0/s1. The number of rotatable bonds is 11. The smallest absolute Gasteiger partial charge is 0.408 e. The van der Waals surface area contributed by atoms with Gasteiger partial charge in [-0.25, -0.2) is 27.7 Å². The summed E-state index contributed by atoms with van der Waals surface area (Å²) in [7, 11) is 0. The van der Waals surface area contributed by atoms with Crippen molar-refractivity contribution in [1.82, 2.24) is 35.0 Å². The van der Waals surface area contributed by atoms with Crippen molar-refractivity contribution < 1.29 is 42.2 Å². The zero-order valence-electron chi connectivity index (χ0n) is 32.5. The van der Waals surface area contributed by atoms with E-state index in [1.807, 2.05) is 0 Å². The van der Waals surface area contributed by atoms with Crippen molar-refractivity contribution in [2.75, 3.05) is 13.1 Å². The molecule has 2 aliphatic heterocycles. The van der Waals surface area contributed by atoms with Gasteiger partial charge in [-0.15, -0.1) is 0 Å². The fourth-order valence-electron chi connectivity index (χ4n) is 8.01. The number of fused-ring (bicyclic) bond motifs is 2. The Morgan fingerprint density at radius 1 is 1.02 bits per heavy atom. The number of alkyl carbamates (subject to hydrolysis) is 1. The Kier molecular flexibility index (Phi) is 11.6. The summed E-state index contributed by atoms with van der Waals surface area (Å²) in [6.45, 7) is 10.7. The second-order valence-corrected chi connectivity index (χ2v) is 16.1. The number of aromatic nitrogens is 3. The van der Waals surface area contributed by atoms with E-state index >= 15 is 4.39 Å². The minimum absolute atomic E-state index is 0.00378. The molecule has 302 valence electrons. The molecule has 4 amide bonds. The maximum Gasteiger partial charge on any atom is 0.408 e. The van der Waals surface area contributed by atoms with Gasteiger partial charge >= 0.3 is 12.2 Å². The first kappa shape index (κ1) is 40.4. The minimum Gasteiger partial charge on any atom is -0.465 e. The molecule has 0 radical (unpaired) electrons. The highest BCUT2D eigenvalue weighted by atomic mass is 19.1. The molecule has 2 fully saturated rings. The lowest BCUT2D eigenvalue weighted by atomic mass is 9.99. The van der Waals surface area contributed by atoms with Crippen LogP contribution in [0.2, 0.25) is 0 Å². The zero-order valence-corrected chi connectivity index (χ0v) is 32.5. The first-order chi connectivity index (χ1) is 26.4. The number of carboxylic acid groups (broad SMARTS) is 1. The molecule has 0 bridgehead atoms. The summed E-state index contributed by atoms with van der Waals surface area (Å²) in [6, 6.07) is 5.52. The first-order valence-corrected chi connectivity index (χ1v) is 19.1. The molecule has 2 saturated heterocycles. The van der Waals surface area contributed by atoms with Crippen LogP contribution in [0.4, 0.5) is 22.8 Å². The topological polar surface area (TPSA) is 162 Å². The molecule has 0 spiro atoms. The number of hydrogen-bond donors (Lipinski definition) is 4. The van der Waals surface area contributed by atoms with Gasteiger partial charge in [-0.1, -0.05) is 20.8 Å². The van der Waals surface area contributed by atoms with E-state index in [0.29, 0.717) is 64.8 Å². The SMILES string of the molecule is CC[C@H](NC(=O)O)C(=O)N1CCC[C@H]1Cc1c(-c2nc3cc(F)ccc3n2C[C@@H]2C[C@H](F)CN2C(=O)[C@@H](NC(=O)OC(C)(C)C)C(C)C)[nH]c2cc(F)ccc12. The van der Waals surface area contributed by atoms with Crippen molar-refractivity contribution in [2.45, 2.75) is 116 Å². The number of nitrogens with one attached hydrogen (secondary N) is 3. The molecule has 2 aromatic heterocycles. The van der Waals surface area contributed by atoms with E-state index in [9.17, 15) is 33.1 Å². The van der Waals surface area contributed by atoms with Crippen LogP contribution >= 0.6 is 0 Å². The number of carbonyl (C=O) groups is 4. The average Bonchev–Trinajstić information content (AvgIpc) is 3.89. The van der Waals surface area contributed by atoms with Gasteiger partial charge in [0.05, 0.1) is 29.3 Å². The van der Waals surface area contributed by atoms with Crippen LogP contribution in [0.5, 0.6) is 0 Å². The summed E-state index contributed by atoms with van der Waals surface area (Å²) < 4.78 is 52.0. The van der Waals surface area contributed by atoms with Crippen LogP contribution in [0.3, 0.4) is 0 Å². The Bertz CT molecular complexity index is 2130. The molecular weight excluding hydrogens is 731 g/mol. The molecular formula is C40H50F3N7O6. The molecule has 0 saturated carbocycles. The third-order valence-electron chi connectivity index (χ3n) is 10.6. The van der Waals surface area contributed by atoms with Crippen LogP contribution in [-0.4, -0.2) is 102 Å². The Balaban J connectivity index is 1.40. The Morgan fingerprint density at radius 2 is 1.73 bits per heavy atom. The summed E-state index contributed by atoms with van der Waals surface area (Å²) >= 11 is 0. The molecule has 6 rings (SSSR count). The Labute approximate surface area is 322 Å². The van der Waals surface area contributed by atoms with Crippen LogP contribution < -0.4 is 10.6 Å². The summed E-state index contributed by atoms with van der Waals surface area (Å²) in [5.41, 5.74) is 1.67. The molecule has 2 aliphatic rings. The second kappa shape index (κ2) is 16.1. The number of halogens is 3. The number of imidazole rings is 1. The lowest BCUT2D eigenvalue weighted by molar-refractivity contribution is -0.136. The minimum atomic E-state index is -1.35. The van der Waals surface area contributed by atoms with Crippen molar-refractivity contribution in [2.24, 2.45) is 5.92 Å². The van der Waals surface area contributed by atoms with E-state index in [1.54, 1.807) is 63.1 Å². The largest absolute Gasteiger partial charge is 0.465 e. The van der Waals surface area contributed by atoms with Crippen LogP contribution in [0.1, 0.15) is 72.8 Å². The highest BCUT2D eigenvalue weighted by Crippen LogP contribution is 2.37. The Hall–Kier alpha value is -5.28. The van der Waals surface area contributed by atoms with Crippen molar-refractivity contribution in [3.63, 3.8) is 0 Å². The Morgan fingerprint density at radius 3 is 2.41 bits per heavy atom. The van der Waals surface area contributed by atoms with Crippen molar-refractivity contribution in [3.05, 3.63) is 53.6 Å². The molecule has 4 heterocycles. The average molecular weight is 782 g/mol.